The van der Waals surface area contributed by atoms with Crippen LogP contribution in [0.3, 0.4) is 0 Å². The van der Waals surface area contributed by atoms with E-state index >= 15 is 0 Å². The Hall–Kier alpha value is -14.3. The van der Waals surface area contributed by atoms with Gasteiger partial charge in [-0.05, 0) is 221 Å². The van der Waals surface area contributed by atoms with Crippen molar-refractivity contribution in [3.05, 3.63) is 437 Å². The standard InChI is InChI=1S/C64H42.C46H30/c1-4-16-43(17-5-1)46-28-34-49(35-29-46)61-54-23-11-14-26-57(54)64(58-27-15-12-24-55(58)61)52-40-41-59-60(42-52)63(51-38-32-48(33-39-51)45-20-8-3-9-21-45)56-25-13-10-22-53(56)62(59)50-36-30-47(31-37-50)44-18-6-2-7-19-44;1-2-14-35(15-3-1)45-41-20-8-9-21-42(41)46(40-23-11-17-33-13-5-7-19-39(33)40)43-29-28-36(30-44(43)45)31-24-26-34(27-25-31)38-22-10-16-32-12-4-6-18-37(32)38/h1-42H;1-30H. The van der Waals surface area contributed by atoms with E-state index in [9.17, 15) is 0 Å². The number of benzene rings is 21. The Morgan fingerprint density at radius 2 is 0.300 bits per heavy atom. The third-order valence-electron chi connectivity index (χ3n) is 22.6. The highest BCUT2D eigenvalue weighted by Gasteiger charge is 2.24. The highest BCUT2D eigenvalue weighted by Crippen LogP contribution is 2.51. The Kier molecular flexibility index (Phi) is 16.7. The van der Waals surface area contributed by atoms with Crippen LogP contribution in [0.5, 0.6) is 0 Å². The molecule has 0 bridgehead atoms. The van der Waals surface area contributed by atoms with Crippen LogP contribution < -0.4 is 0 Å². The van der Waals surface area contributed by atoms with Gasteiger partial charge in [0.05, 0.1) is 0 Å². The van der Waals surface area contributed by atoms with Crippen LogP contribution in [-0.2, 0) is 0 Å². The zero-order valence-electron chi connectivity index (χ0n) is 60.6. The fourth-order valence-corrected chi connectivity index (χ4v) is 17.4. The number of rotatable bonds is 11. The van der Waals surface area contributed by atoms with Gasteiger partial charge < -0.3 is 0 Å². The van der Waals surface area contributed by atoms with Crippen molar-refractivity contribution in [1.82, 2.24) is 0 Å². The molecule has 21 rings (SSSR count). The molecule has 0 fully saturated rings. The zero-order chi connectivity index (χ0) is 72.9. The van der Waals surface area contributed by atoms with Gasteiger partial charge in [-0.3, -0.25) is 0 Å². The van der Waals surface area contributed by atoms with E-state index in [0.29, 0.717) is 0 Å². The summed E-state index contributed by atoms with van der Waals surface area (Å²) in [5.41, 5.74) is 27.2. The van der Waals surface area contributed by atoms with Gasteiger partial charge in [-0.25, -0.2) is 0 Å². The number of hydrogen-bond donors (Lipinski definition) is 0. The minimum Gasteiger partial charge on any atom is -0.0622 e. The summed E-state index contributed by atoms with van der Waals surface area (Å²) in [6, 6.07) is 160. The molecule has 0 aliphatic heterocycles. The van der Waals surface area contributed by atoms with Crippen LogP contribution in [-0.4, -0.2) is 0 Å². The maximum Gasteiger partial charge on any atom is -0.00201 e. The van der Waals surface area contributed by atoms with E-state index in [0.717, 1.165) is 0 Å². The first-order valence-electron chi connectivity index (χ1n) is 38.1. The topological polar surface area (TPSA) is 0 Å². The first kappa shape index (κ1) is 65.2. The summed E-state index contributed by atoms with van der Waals surface area (Å²) in [4.78, 5) is 0. The second-order valence-electron chi connectivity index (χ2n) is 28.8. The van der Waals surface area contributed by atoms with E-state index in [4.69, 9.17) is 0 Å². The molecular formula is C110H72. The second kappa shape index (κ2) is 28.2. The summed E-state index contributed by atoms with van der Waals surface area (Å²) in [5.74, 6) is 0. The fourth-order valence-electron chi connectivity index (χ4n) is 17.4. The Morgan fingerprint density at radius 1 is 0.0909 bits per heavy atom. The van der Waals surface area contributed by atoms with Crippen LogP contribution in [0, 0.1) is 0 Å². The lowest BCUT2D eigenvalue weighted by Gasteiger charge is -2.21. The lowest BCUT2D eigenvalue weighted by molar-refractivity contribution is 1.60. The molecule has 0 unspecified atom stereocenters. The van der Waals surface area contributed by atoms with Crippen LogP contribution in [0.25, 0.3) is 209 Å². The summed E-state index contributed by atoms with van der Waals surface area (Å²) in [7, 11) is 0. The summed E-state index contributed by atoms with van der Waals surface area (Å²) in [6.45, 7) is 0. The minimum absolute atomic E-state index is 1.20. The van der Waals surface area contributed by atoms with Gasteiger partial charge in [0.2, 0.25) is 0 Å². The Morgan fingerprint density at radius 3 is 0.691 bits per heavy atom. The van der Waals surface area contributed by atoms with Crippen LogP contribution in [0.1, 0.15) is 0 Å². The van der Waals surface area contributed by atoms with Gasteiger partial charge in [-0.1, -0.05) is 425 Å². The summed E-state index contributed by atoms with van der Waals surface area (Å²) in [6.07, 6.45) is 0. The highest BCUT2D eigenvalue weighted by atomic mass is 14.3. The van der Waals surface area contributed by atoms with Crippen molar-refractivity contribution in [2.24, 2.45) is 0 Å². The van der Waals surface area contributed by atoms with Gasteiger partial charge in [0.1, 0.15) is 0 Å². The van der Waals surface area contributed by atoms with E-state index < -0.39 is 0 Å². The number of fused-ring (bicyclic) bond motifs is 8. The molecule has 512 valence electrons. The first-order valence-corrected chi connectivity index (χ1v) is 38.1. The summed E-state index contributed by atoms with van der Waals surface area (Å²) in [5, 5.41) is 20.1. The van der Waals surface area contributed by atoms with Gasteiger partial charge >= 0.3 is 0 Å². The van der Waals surface area contributed by atoms with Crippen molar-refractivity contribution >= 4 is 86.2 Å². The third-order valence-corrected chi connectivity index (χ3v) is 22.6. The molecule has 0 amide bonds. The minimum atomic E-state index is 1.20. The predicted octanol–water partition coefficient (Wildman–Crippen LogP) is 30.9. The van der Waals surface area contributed by atoms with E-state index in [2.05, 4.69) is 437 Å². The molecule has 0 heteroatoms. The molecule has 0 saturated heterocycles. The van der Waals surface area contributed by atoms with Crippen LogP contribution in [0.2, 0.25) is 0 Å². The zero-order valence-corrected chi connectivity index (χ0v) is 60.6. The molecule has 0 nitrogen and oxygen atoms in total. The van der Waals surface area contributed by atoms with E-state index in [1.165, 1.54) is 209 Å². The lowest BCUT2D eigenvalue weighted by Crippen LogP contribution is -1.94. The average Bonchev–Trinajstić information content (AvgIpc) is 0.728. The maximum atomic E-state index is 2.48. The van der Waals surface area contributed by atoms with Crippen molar-refractivity contribution in [3.63, 3.8) is 0 Å². The number of hydrogen-bond acceptors (Lipinski definition) is 0. The Balaban J connectivity index is 0.000000152. The van der Waals surface area contributed by atoms with Crippen molar-refractivity contribution in [3.8, 4) is 122 Å². The summed E-state index contributed by atoms with van der Waals surface area (Å²) < 4.78 is 0. The SMILES string of the molecule is c1ccc(-c2c3ccccc3c(-c3cccc4ccccc34)c3ccc(-c4ccc(-c5cccc6ccccc56)cc4)cc23)cc1.c1ccc(-c2ccc(-c3c4ccccc4c(-c4ccc5c(-c6ccc(-c7ccccc7)cc6)c6ccccc6c(-c6ccc(-c7ccccc7)cc6)c5c4)c4ccccc34)cc2)cc1. The van der Waals surface area contributed by atoms with Crippen molar-refractivity contribution in [2.75, 3.05) is 0 Å². The molecule has 0 heterocycles. The molecule has 21 aromatic rings. The largest absolute Gasteiger partial charge is 0.0622 e. The van der Waals surface area contributed by atoms with Gasteiger partial charge in [0.15, 0.2) is 0 Å². The monoisotopic (exact) mass is 1390 g/mol. The molecule has 0 N–H and O–H groups in total. The van der Waals surface area contributed by atoms with E-state index in [-0.39, 0.29) is 0 Å². The molecule has 0 aliphatic rings. The molecule has 0 saturated carbocycles. The van der Waals surface area contributed by atoms with Gasteiger partial charge in [0, 0.05) is 0 Å². The van der Waals surface area contributed by atoms with Crippen molar-refractivity contribution in [1.29, 1.82) is 0 Å². The van der Waals surface area contributed by atoms with Gasteiger partial charge in [-0.15, -0.1) is 0 Å². The predicted molar refractivity (Wildman–Crippen MR) is 473 cm³/mol. The van der Waals surface area contributed by atoms with Gasteiger partial charge in [0.25, 0.3) is 0 Å². The summed E-state index contributed by atoms with van der Waals surface area (Å²) >= 11 is 0. The maximum absolute atomic E-state index is 2.48. The molecule has 0 spiro atoms. The van der Waals surface area contributed by atoms with Crippen LogP contribution >= 0.6 is 0 Å². The van der Waals surface area contributed by atoms with Crippen LogP contribution in [0.15, 0.2) is 437 Å². The van der Waals surface area contributed by atoms with Crippen LogP contribution in [0.4, 0.5) is 0 Å². The first-order chi connectivity index (χ1) is 54.6. The molecule has 21 aromatic carbocycles. The molecule has 110 heavy (non-hydrogen) atoms. The molecule has 0 aromatic heterocycles. The molecule has 0 radical (unpaired) electrons. The van der Waals surface area contributed by atoms with Crippen molar-refractivity contribution in [2.45, 2.75) is 0 Å². The Bertz CT molecular complexity index is 6980. The second-order valence-corrected chi connectivity index (χ2v) is 28.8. The normalized spacial score (nSPS) is 11.5. The lowest BCUT2D eigenvalue weighted by atomic mass is 9.82. The smallest absolute Gasteiger partial charge is 0.00201 e. The Labute approximate surface area is 641 Å². The average molecular weight is 1390 g/mol. The molecular weight excluding hydrogens is 1320 g/mol. The highest BCUT2D eigenvalue weighted by molar-refractivity contribution is 6.27. The van der Waals surface area contributed by atoms with Gasteiger partial charge in [-0.2, -0.15) is 0 Å². The van der Waals surface area contributed by atoms with Crippen molar-refractivity contribution < 1.29 is 0 Å². The van der Waals surface area contributed by atoms with E-state index in [1.54, 1.807) is 0 Å². The molecule has 0 atom stereocenters. The fraction of sp³-hybridized carbons (Fsp3) is 0. The molecule has 0 aliphatic carbocycles. The van der Waals surface area contributed by atoms with E-state index in [1.807, 2.05) is 0 Å². The third kappa shape index (κ3) is 11.8. The quantitative estimate of drug-likeness (QED) is 0.113.